The highest BCUT2D eigenvalue weighted by molar-refractivity contribution is 9.10. The monoisotopic (exact) mass is 357 g/mol. The second kappa shape index (κ2) is 6.54. The number of halogens is 1. The van der Waals surface area contributed by atoms with E-state index in [4.69, 9.17) is 0 Å². The zero-order chi connectivity index (χ0) is 14.7. The summed E-state index contributed by atoms with van der Waals surface area (Å²) in [6.45, 7) is 0.834. The predicted molar refractivity (Wildman–Crippen MR) is 97.2 cm³/mol. The molecular formula is C18H16BrNS. The fraction of sp³-hybridized carbons (Fsp3) is 0.111. The van der Waals surface area contributed by atoms with Crippen LogP contribution in [0, 0.1) is 0 Å². The lowest BCUT2D eigenvalue weighted by Gasteiger charge is -2.11. The Bertz CT molecular complexity index is 753. The molecule has 0 spiro atoms. The van der Waals surface area contributed by atoms with Gasteiger partial charge in [-0.3, -0.25) is 0 Å². The molecule has 0 unspecified atom stereocenters. The van der Waals surface area contributed by atoms with Crippen LogP contribution in [0.4, 0.5) is 5.69 Å². The molecule has 0 bridgehead atoms. The van der Waals surface area contributed by atoms with E-state index in [1.807, 2.05) is 0 Å². The number of anilines is 1. The van der Waals surface area contributed by atoms with Gasteiger partial charge in [0.25, 0.3) is 0 Å². The molecule has 0 heterocycles. The lowest BCUT2D eigenvalue weighted by molar-refractivity contribution is 1.14. The maximum absolute atomic E-state index is 3.61. The van der Waals surface area contributed by atoms with Gasteiger partial charge in [0, 0.05) is 27.0 Å². The summed E-state index contributed by atoms with van der Waals surface area (Å²) >= 11 is 5.38. The molecule has 0 aliphatic carbocycles. The summed E-state index contributed by atoms with van der Waals surface area (Å²) in [4.78, 5) is 1.30. The Labute approximate surface area is 137 Å². The second-order valence-electron chi connectivity index (χ2n) is 4.84. The minimum atomic E-state index is 0.834. The van der Waals surface area contributed by atoms with Crippen molar-refractivity contribution in [1.29, 1.82) is 0 Å². The van der Waals surface area contributed by atoms with E-state index in [1.54, 1.807) is 11.8 Å². The van der Waals surface area contributed by atoms with Crippen LogP contribution in [0.2, 0.25) is 0 Å². The Morgan fingerprint density at radius 1 is 0.905 bits per heavy atom. The highest BCUT2D eigenvalue weighted by atomic mass is 79.9. The summed E-state index contributed by atoms with van der Waals surface area (Å²) in [5.41, 5.74) is 2.46. The number of hydrogen-bond donors (Lipinski definition) is 1. The van der Waals surface area contributed by atoms with Gasteiger partial charge in [0.1, 0.15) is 0 Å². The van der Waals surface area contributed by atoms with Crippen LogP contribution in [-0.4, -0.2) is 6.26 Å². The number of benzene rings is 3. The molecule has 1 N–H and O–H groups in total. The van der Waals surface area contributed by atoms with Crippen molar-refractivity contribution in [2.24, 2.45) is 0 Å². The van der Waals surface area contributed by atoms with E-state index in [0.29, 0.717) is 0 Å². The average molecular weight is 358 g/mol. The summed E-state index contributed by atoms with van der Waals surface area (Å²) in [6.07, 6.45) is 2.10. The normalized spacial score (nSPS) is 10.8. The van der Waals surface area contributed by atoms with Crippen LogP contribution in [0.5, 0.6) is 0 Å². The van der Waals surface area contributed by atoms with Crippen molar-refractivity contribution in [3.63, 3.8) is 0 Å². The maximum Gasteiger partial charge on any atom is 0.0423 e. The zero-order valence-electron chi connectivity index (χ0n) is 11.8. The standard InChI is InChI=1S/C18H16BrNS/c1-21-14-8-6-13(7-9-14)12-20-18-11-10-17(19)15-4-2-3-5-16(15)18/h2-11,20H,12H2,1H3. The summed E-state index contributed by atoms with van der Waals surface area (Å²) in [6, 6.07) is 21.4. The molecule has 1 nitrogen and oxygen atoms in total. The average Bonchev–Trinajstić information content (AvgIpc) is 2.55. The van der Waals surface area contributed by atoms with Crippen molar-refractivity contribution in [3.05, 3.63) is 70.7 Å². The van der Waals surface area contributed by atoms with Gasteiger partial charge >= 0.3 is 0 Å². The molecular weight excluding hydrogens is 342 g/mol. The molecule has 0 saturated heterocycles. The fourth-order valence-corrected chi connectivity index (χ4v) is 3.24. The van der Waals surface area contributed by atoms with Crippen LogP contribution >= 0.6 is 27.7 Å². The zero-order valence-corrected chi connectivity index (χ0v) is 14.2. The Kier molecular flexibility index (Phi) is 4.51. The molecule has 0 fully saturated rings. The van der Waals surface area contributed by atoms with E-state index < -0.39 is 0 Å². The summed E-state index contributed by atoms with van der Waals surface area (Å²) in [5, 5.41) is 6.02. The van der Waals surface area contributed by atoms with Gasteiger partial charge in [0.05, 0.1) is 0 Å². The highest BCUT2D eigenvalue weighted by Crippen LogP contribution is 2.30. The number of nitrogens with one attached hydrogen (secondary N) is 1. The smallest absolute Gasteiger partial charge is 0.0423 e. The summed E-state index contributed by atoms with van der Waals surface area (Å²) < 4.78 is 1.13. The number of fused-ring (bicyclic) bond motifs is 1. The van der Waals surface area contributed by atoms with E-state index in [0.717, 1.165) is 11.0 Å². The van der Waals surface area contributed by atoms with Crippen LogP contribution in [0.25, 0.3) is 10.8 Å². The van der Waals surface area contributed by atoms with Gasteiger partial charge in [-0.25, -0.2) is 0 Å². The molecule has 0 aliphatic heterocycles. The van der Waals surface area contributed by atoms with Crippen molar-refractivity contribution in [3.8, 4) is 0 Å². The van der Waals surface area contributed by atoms with E-state index in [-0.39, 0.29) is 0 Å². The van der Waals surface area contributed by atoms with Crippen molar-refractivity contribution in [2.75, 3.05) is 11.6 Å². The van der Waals surface area contributed by atoms with Crippen molar-refractivity contribution in [1.82, 2.24) is 0 Å². The third-order valence-corrected chi connectivity index (χ3v) is 4.95. The van der Waals surface area contributed by atoms with Crippen molar-refractivity contribution >= 4 is 44.2 Å². The first-order chi connectivity index (χ1) is 10.3. The Morgan fingerprint density at radius 2 is 1.62 bits per heavy atom. The molecule has 0 amide bonds. The third kappa shape index (κ3) is 3.25. The minimum Gasteiger partial charge on any atom is -0.380 e. The van der Waals surface area contributed by atoms with Crippen LogP contribution in [0.3, 0.4) is 0 Å². The quantitative estimate of drug-likeness (QED) is 0.580. The SMILES string of the molecule is CSc1ccc(CNc2ccc(Br)c3ccccc23)cc1. The molecule has 0 saturated carbocycles. The number of thioether (sulfide) groups is 1. The van der Waals surface area contributed by atoms with E-state index in [2.05, 4.69) is 88.2 Å². The molecule has 3 aromatic carbocycles. The highest BCUT2D eigenvalue weighted by Gasteiger charge is 2.03. The molecule has 106 valence electrons. The minimum absolute atomic E-state index is 0.834. The van der Waals surface area contributed by atoms with Gasteiger partial charge < -0.3 is 5.32 Å². The molecule has 3 rings (SSSR count). The lowest BCUT2D eigenvalue weighted by Crippen LogP contribution is -1.99. The number of rotatable bonds is 4. The Morgan fingerprint density at radius 3 is 2.33 bits per heavy atom. The first-order valence-electron chi connectivity index (χ1n) is 6.82. The van der Waals surface area contributed by atoms with Crippen molar-refractivity contribution < 1.29 is 0 Å². The lowest BCUT2D eigenvalue weighted by atomic mass is 10.1. The predicted octanol–water partition coefficient (Wildman–Crippen LogP) is 5.94. The molecule has 3 heteroatoms. The topological polar surface area (TPSA) is 12.0 Å². The number of hydrogen-bond acceptors (Lipinski definition) is 2. The molecule has 3 aromatic rings. The second-order valence-corrected chi connectivity index (χ2v) is 6.58. The van der Waals surface area contributed by atoms with Gasteiger partial charge in [-0.05, 0) is 41.5 Å². The molecule has 0 aromatic heterocycles. The Hall–Kier alpha value is -1.45. The first-order valence-corrected chi connectivity index (χ1v) is 8.84. The van der Waals surface area contributed by atoms with Crippen LogP contribution in [0.15, 0.2) is 70.0 Å². The van der Waals surface area contributed by atoms with E-state index in [1.165, 1.54) is 26.9 Å². The van der Waals surface area contributed by atoms with Gasteiger partial charge in [-0.2, -0.15) is 0 Å². The van der Waals surface area contributed by atoms with Crippen molar-refractivity contribution in [2.45, 2.75) is 11.4 Å². The van der Waals surface area contributed by atoms with Gasteiger partial charge in [-0.1, -0.05) is 52.3 Å². The van der Waals surface area contributed by atoms with E-state index >= 15 is 0 Å². The summed E-state index contributed by atoms with van der Waals surface area (Å²) in [5.74, 6) is 0. The molecule has 0 aliphatic rings. The molecule has 0 atom stereocenters. The summed E-state index contributed by atoms with van der Waals surface area (Å²) in [7, 11) is 0. The molecule has 21 heavy (non-hydrogen) atoms. The third-order valence-electron chi connectivity index (χ3n) is 3.51. The van der Waals surface area contributed by atoms with Gasteiger partial charge in [0.15, 0.2) is 0 Å². The first kappa shape index (κ1) is 14.5. The van der Waals surface area contributed by atoms with Crippen LogP contribution < -0.4 is 5.32 Å². The Balaban J connectivity index is 1.83. The fourth-order valence-electron chi connectivity index (χ4n) is 2.36. The molecule has 0 radical (unpaired) electrons. The van der Waals surface area contributed by atoms with Crippen LogP contribution in [0.1, 0.15) is 5.56 Å². The van der Waals surface area contributed by atoms with Gasteiger partial charge in [0.2, 0.25) is 0 Å². The van der Waals surface area contributed by atoms with Gasteiger partial charge in [-0.15, -0.1) is 11.8 Å². The van der Waals surface area contributed by atoms with Crippen LogP contribution in [-0.2, 0) is 6.54 Å². The maximum atomic E-state index is 3.61. The van der Waals surface area contributed by atoms with E-state index in [9.17, 15) is 0 Å². The largest absolute Gasteiger partial charge is 0.380 e.